The number of amides is 2. The van der Waals surface area contributed by atoms with Gasteiger partial charge in [0.2, 0.25) is 5.91 Å². The fourth-order valence-corrected chi connectivity index (χ4v) is 3.98. The summed E-state index contributed by atoms with van der Waals surface area (Å²) in [6, 6.07) is 16.5. The monoisotopic (exact) mass is 427 g/mol. The Kier molecular flexibility index (Phi) is 7.88. The summed E-state index contributed by atoms with van der Waals surface area (Å²) in [7, 11) is 0. The number of hydrogen-bond donors (Lipinski definition) is 2. The Morgan fingerprint density at radius 1 is 1.00 bits per heavy atom. The van der Waals surface area contributed by atoms with Gasteiger partial charge in [0.15, 0.2) is 0 Å². The minimum atomic E-state index is -0.608. The molecule has 0 radical (unpaired) electrons. The molecule has 0 saturated carbocycles. The van der Waals surface area contributed by atoms with Gasteiger partial charge in [-0.1, -0.05) is 55.8 Å². The third-order valence-electron chi connectivity index (χ3n) is 5.58. The second-order valence-electron chi connectivity index (χ2n) is 8.12. The Morgan fingerprint density at radius 2 is 1.63 bits per heavy atom. The summed E-state index contributed by atoms with van der Waals surface area (Å²) >= 11 is 5.90. The van der Waals surface area contributed by atoms with Gasteiger partial charge in [-0.25, -0.2) is 0 Å². The van der Waals surface area contributed by atoms with E-state index in [1.54, 1.807) is 24.3 Å². The maximum absolute atomic E-state index is 13.0. The number of hydrogen-bond acceptors (Lipinski definition) is 3. The Morgan fingerprint density at radius 3 is 2.23 bits per heavy atom. The first-order valence-electron chi connectivity index (χ1n) is 10.6. The zero-order valence-electron chi connectivity index (χ0n) is 17.6. The highest BCUT2D eigenvalue weighted by Gasteiger charge is 2.28. The summed E-state index contributed by atoms with van der Waals surface area (Å²) in [5.41, 5.74) is 1.68. The van der Waals surface area contributed by atoms with Crippen LogP contribution in [0.3, 0.4) is 0 Å². The number of nitrogens with one attached hydrogen (secondary N) is 2. The van der Waals surface area contributed by atoms with E-state index in [2.05, 4.69) is 27.7 Å². The predicted octanol–water partition coefficient (Wildman–Crippen LogP) is 4.05. The molecule has 0 aromatic heterocycles. The van der Waals surface area contributed by atoms with Crippen molar-refractivity contribution in [3.63, 3.8) is 0 Å². The maximum Gasteiger partial charge on any atom is 0.251 e. The van der Waals surface area contributed by atoms with Gasteiger partial charge in [0.1, 0.15) is 6.04 Å². The molecule has 1 saturated heterocycles. The molecule has 30 heavy (non-hydrogen) atoms. The molecule has 0 spiro atoms. The molecule has 6 heteroatoms. The van der Waals surface area contributed by atoms with Crippen LogP contribution in [0.25, 0.3) is 0 Å². The van der Waals surface area contributed by atoms with Crippen molar-refractivity contribution >= 4 is 23.4 Å². The molecule has 0 bridgehead atoms. The average Bonchev–Trinajstić information content (AvgIpc) is 3.27. The van der Waals surface area contributed by atoms with E-state index in [0.29, 0.717) is 17.1 Å². The van der Waals surface area contributed by atoms with Crippen LogP contribution in [0.2, 0.25) is 5.02 Å². The van der Waals surface area contributed by atoms with E-state index in [0.717, 1.165) is 13.1 Å². The largest absolute Gasteiger partial charge is 0.352 e. The topological polar surface area (TPSA) is 61.4 Å². The van der Waals surface area contributed by atoms with Crippen molar-refractivity contribution in [3.8, 4) is 0 Å². The van der Waals surface area contributed by atoms with Crippen molar-refractivity contribution < 1.29 is 9.59 Å². The predicted molar refractivity (Wildman–Crippen MR) is 121 cm³/mol. The van der Waals surface area contributed by atoms with Crippen LogP contribution >= 0.6 is 11.6 Å². The van der Waals surface area contributed by atoms with Crippen LogP contribution in [0.4, 0.5) is 0 Å². The van der Waals surface area contributed by atoms with E-state index in [4.69, 9.17) is 11.6 Å². The van der Waals surface area contributed by atoms with Gasteiger partial charge in [-0.3, -0.25) is 14.5 Å². The van der Waals surface area contributed by atoms with Gasteiger partial charge < -0.3 is 10.6 Å². The summed E-state index contributed by atoms with van der Waals surface area (Å²) in [5, 5.41) is 6.53. The number of carbonyl (C=O) groups excluding carboxylic acids is 2. The average molecular weight is 428 g/mol. The van der Waals surface area contributed by atoms with Gasteiger partial charge in [-0.15, -0.1) is 0 Å². The summed E-state index contributed by atoms with van der Waals surface area (Å²) in [4.78, 5) is 28.0. The minimum Gasteiger partial charge on any atom is -0.352 e. The smallest absolute Gasteiger partial charge is 0.251 e. The van der Waals surface area contributed by atoms with E-state index < -0.39 is 6.04 Å². The molecule has 160 valence electrons. The zero-order chi connectivity index (χ0) is 21.5. The van der Waals surface area contributed by atoms with Gasteiger partial charge in [0, 0.05) is 17.1 Å². The van der Waals surface area contributed by atoms with Gasteiger partial charge in [-0.05, 0) is 61.7 Å². The van der Waals surface area contributed by atoms with Crippen molar-refractivity contribution in [1.29, 1.82) is 0 Å². The molecule has 1 heterocycles. The number of nitrogens with zero attached hydrogens (tertiary/aromatic N) is 1. The van der Waals surface area contributed by atoms with E-state index in [1.807, 2.05) is 32.0 Å². The second kappa shape index (κ2) is 10.6. The van der Waals surface area contributed by atoms with Gasteiger partial charge in [0.25, 0.3) is 5.91 Å². The van der Waals surface area contributed by atoms with E-state index in [1.165, 1.54) is 18.4 Å². The third-order valence-corrected chi connectivity index (χ3v) is 5.83. The molecule has 2 aromatic rings. The molecular weight excluding hydrogens is 398 g/mol. The Balaban J connectivity index is 1.66. The lowest BCUT2D eigenvalue weighted by atomic mass is 10.0. The first kappa shape index (κ1) is 22.3. The van der Waals surface area contributed by atoms with Crippen molar-refractivity contribution in [2.24, 2.45) is 5.92 Å². The normalized spacial score (nSPS) is 16.3. The first-order chi connectivity index (χ1) is 14.5. The third kappa shape index (κ3) is 5.83. The van der Waals surface area contributed by atoms with Gasteiger partial charge >= 0.3 is 0 Å². The molecule has 2 atom stereocenters. The highest BCUT2D eigenvalue weighted by atomic mass is 35.5. The molecule has 2 amide bonds. The lowest BCUT2D eigenvalue weighted by Crippen LogP contribution is -2.51. The fraction of sp³-hybridized carbons (Fsp3) is 0.417. The van der Waals surface area contributed by atoms with Crippen LogP contribution < -0.4 is 10.6 Å². The summed E-state index contributed by atoms with van der Waals surface area (Å²) in [6.07, 6.45) is 2.37. The first-order valence-corrected chi connectivity index (χ1v) is 11.0. The number of carbonyl (C=O) groups is 2. The minimum absolute atomic E-state index is 0.0387. The van der Waals surface area contributed by atoms with E-state index >= 15 is 0 Å². The molecule has 0 aliphatic carbocycles. The second-order valence-corrected chi connectivity index (χ2v) is 8.55. The Labute approximate surface area is 183 Å². The molecule has 3 rings (SSSR count). The summed E-state index contributed by atoms with van der Waals surface area (Å²) < 4.78 is 0. The quantitative estimate of drug-likeness (QED) is 0.668. The van der Waals surface area contributed by atoms with Crippen LogP contribution in [-0.4, -0.2) is 42.4 Å². The highest BCUT2D eigenvalue weighted by molar-refractivity contribution is 6.30. The van der Waals surface area contributed by atoms with Crippen molar-refractivity contribution in [2.75, 3.05) is 19.6 Å². The Hall–Kier alpha value is -2.37. The van der Waals surface area contributed by atoms with Crippen LogP contribution in [0.1, 0.15) is 48.7 Å². The number of benzene rings is 2. The van der Waals surface area contributed by atoms with E-state index in [9.17, 15) is 9.59 Å². The number of halogens is 1. The van der Waals surface area contributed by atoms with Crippen molar-refractivity contribution in [1.82, 2.24) is 15.5 Å². The molecular formula is C24H30ClN3O2. The summed E-state index contributed by atoms with van der Waals surface area (Å²) in [6.45, 7) is 6.46. The van der Waals surface area contributed by atoms with Crippen molar-refractivity contribution in [2.45, 2.75) is 38.8 Å². The summed E-state index contributed by atoms with van der Waals surface area (Å²) in [5.74, 6) is -0.477. The van der Waals surface area contributed by atoms with Crippen LogP contribution in [0, 0.1) is 5.92 Å². The van der Waals surface area contributed by atoms with Crippen LogP contribution in [0.5, 0.6) is 0 Å². The van der Waals surface area contributed by atoms with E-state index in [-0.39, 0.29) is 23.8 Å². The number of rotatable bonds is 8. The van der Waals surface area contributed by atoms with Gasteiger partial charge in [0.05, 0.1) is 6.04 Å². The van der Waals surface area contributed by atoms with Crippen LogP contribution in [-0.2, 0) is 4.79 Å². The van der Waals surface area contributed by atoms with Crippen LogP contribution in [0.15, 0.2) is 54.6 Å². The maximum atomic E-state index is 13.0. The lowest BCUT2D eigenvalue weighted by Gasteiger charge is -2.29. The number of likely N-dealkylation sites (tertiary alicyclic amines) is 1. The molecule has 5 nitrogen and oxygen atoms in total. The lowest BCUT2D eigenvalue weighted by molar-refractivity contribution is -0.124. The van der Waals surface area contributed by atoms with Gasteiger partial charge in [-0.2, -0.15) is 0 Å². The molecule has 1 aliphatic heterocycles. The molecule has 1 fully saturated rings. The fourth-order valence-electron chi connectivity index (χ4n) is 3.85. The standard InChI is InChI=1S/C24H30ClN3O2/c1-17(2)22(27-23(29)19-10-12-20(25)13-11-19)24(30)26-16-21(28-14-6-7-15-28)18-8-4-3-5-9-18/h3-5,8-13,17,21-22H,6-7,14-16H2,1-2H3,(H,26,30)(H,27,29)/t21-,22-/m1/s1. The SMILES string of the molecule is CC(C)[C@@H](NC(=O)c1ccc(Cl)cc1)C(=O)NC[C@H](c1ccccc1)N1CCCC1. The molecule has 1 aliphatic rings. The molecule has 2 aromatic carbocycles. The van der Waals surface area contributed by atoms with Crippen molar-refractivity contribution in [3.05, 3.63) is 70.7 Å². The zero-order valence-corrected chi connectivity index (χ0v) is 18.4. The molecule has 0 unspecified atom stereocenters. The molecule has 2 N–H and O–H groups in total. The Bertz CT molecular complexity index is 833. The highest BCUT2D eigenvalue weighted by Crippen LogP contribution is 2.24.